The topological polar surface area (TPSA) is 47.4 Å². The van der Waals surface area contributed by atoms with Crippen LogP contribution >= 0.6 is 0 Å². The van der Waals surface area contributed by atoms with E-state index in [4.69, 9.17) is 4.74 Å². The molecule has 0 radical (unpaired) electrons. The van der Waals surface area contributed by atoms with Gasteiger partial charge in [-0.3, -0.25) is 9.48 Å². The Bertz CT molecular complexity index is 700. The van der Waals surface area contributed by atoms with Gasteiger partial charge in [0.2, 0.25) is 5.91 Å². The second-order valence-corrected chi connectivity index (χ2v) is 6.61. The third kappa shape index (κ3) is 3.96. The van der Waals surface area contributed by atoms with Gasteiger partial charge in [0.05, 0.1) is 18.8 Å². The Kier molecular flexibility index (Phi) is 4.88. The minimum absolute atomic E-state index is 0.118. The summed E-state index contributed by atoms with van der Waals surface area (Å²) in [7, 11) is 0. The Morgan fingerprint density at radius 3 is 2.54 bits per heavy atom. The number of aryl methyl sites for hydroxylation is 4. The maximum atomic E-state index is 12.2. The van der Waals surface area contributed by atoms with Crippen LogP contribution in [0.5, 0.6) is 5.75 Å². The Labute approximate surface area is 143 Å². The van der Waals surface area contributed by atoms with Gasteiger partial charge in [-0.05, 0) is 45.4 Å². The van der Waals surface area contributed by atoms with E-state index >= 15 is 0 Å². The predicted octanol–water partition coefficient (Wildman–Crippen LogP) is 2.88. The molecule has 1 amide bonds. The van der Waals surface area contributed by atoms with E-state index in [1.165, 1.54) is 5.56 Å². The Morgan fingerprint density at radius 1 is 1.21 bits per heavy atom. The highest BCUT2D eigenvalue weighted by Gasteiger charge is 2.31. The summed E-state index contributed by atoms with van der Waals surface area (Å²) in [6, 6.07) is 10.1. The fraction of sp³-hybridized carbons (Fsp3) is 0.474. The molecule has 2 aromatic rings. The number of benzene rings is 1. The highest BCUT2D eigenvalue weighted by Crippen LogP contribution is 2.19. The summed E-state index contributed by atoms with van der Waals surface area (Å²) in [5.41, 5.74) is 3.39. The molecule has 1 saturated heterocycles. The van der Waals surface area contributed by atoms with Crippen molar-refractivity contribution in [3.8, 4) is 5.75 Å². The summed E-state index contributed by atoms with van der Waals surface area (Å²) < 4.78 is 7.84. The van der Waals surface area contributed by atoms with Crippen LogP contribution < -0.4 is 4.74 Å². The molecule has 0 unspecified atom stereocenters. The molecule has 0 saturated carbocycles. The van der Waals surface area contributed by atoms with Crippen LogP contribution in [0.1, 0.15) is 29.8 Å². The van der Waals surface area contributed by atoms with Gasteiger partial charge in [-0.1, -0.05) is 17.7 Å². The molecule has 0 aliphatic carbocycles. The lowest BCUT2D eigenvalue weighted by Crippen LogP contribution is -2.56. The summed E-state index contributed by atoms with van der Waals surface area (Å²) in [6.07, 6.45) is 1.50. The number of carbonyl (C=O) groups excluding carboxylic acids is 1. The molecule has 0 bridgehead atoms. The average Bonchev–Trinajstić information content (AvgIpc) is 2.82. The smallest absolute Gasteiger partial charge is 0.222 e. The van der Waals surface area contributed by atoms with Gasteiger partial charge in [0.15, 0.2) is 0 Å². The normalized spacial score (nSPS) is 14.5. The second-order valence-electron chi connectivity index (χ2n) is 6.61. The number of carbonyl (C=O) groups is 1. The first kappa shape index (κ1) is 16.6. The SMILES string of the molecule is Cc1ccc(OC2CN(C(=O)CCCn3nc(C)cc3C)C2)cc1. The molecule has 1 aromatic carbocycles. The van der Waals surface area contributed by atoms with Crippen molar-refractivity contribution in [1.82, 2.24) is 14.7 Å². The van der Waals surface area contributed by atoms with Crippen molar-refractivity contribution in [1.29, 1.82) is 0 Å². The largest absolute Gasteiger partial charge is 0.487 e. The molecule has 2 heterocycles. The van der Waals surface area contributed by atoms with Gasteiger partial charge >= 0.3 is 0 Å². The molecule has 3 rings (SSSR count). The third-order valence-electron chi connectivity index (χ3n) is 4.39. The van der Waals surface area contributed by atoms with Crippen LogP contribution in [0.3, 0.4) is 0 Å². The molecule has 0 atom stereocenters. The number of aromatic nitrogens is 2. The zero-order valence-electron chi connectivity index (χ0n) is 14.7. The minimum atomic E-state index is 0.118. The van der Waals surface area contributed by atoms with E-state index in [-0.39, 0.29) is 12.0 Å². The lowest BCUT2D eigenvalue weighted by Gasteiger charge is -2.39. The number of likely N-dealkylation sites (tertiary alicyclic amines) is 1. The Balaban J connectivity index is 1.37. The number of rotatable bonds is 6. The first-order valence-corrected chi connectivity index (χ1v) is 8.53. The highest BCUT2D eigenvalue weighted by atomic mass is 16.5. The van der Waals surface area contributed by atoms with E-state index < -0.39 is 0 Å². The van der Waals surface area contributed by atoms with E-state index in [0.29, 0.717) is 19.5 Å². The summed E-state index contributed by atoms with van der Waals surface area (Å²) in [5.74, 6) is 1.09. The number of hydrogen-bond acceptors (Lipinski definition) is 3. The molecule has 0 N–H and O–H groups in total. The molecular weight excluding hydrogens is 302 g/mol. The number of ether oxygens (including phenoxy) is 1. The lowest BCUT2D eigenvalue weighted by atomic mass is 10.1. The van der Waals surface area contributed by atoms with E-state index in [9.17, 15) is 4.79 Å². The van der Waals surface area contributed by atoms with Crippen molar-refractivity contribution in [3.05, 3.63) is 47.3 Å². The molecular formula is C19H25N3O2. The highest BCUT2D eigenvalue weighted by molar-refractivity contribution is 5.77. The van der Waals surface area contributed by atoms with Gasteiger partial charge in [0, 0.05) is 18.7 Å². The summed E-state index contributed by atoms with van der Waals surface area (Å²) >= 11 is 0. The van der Waals surface area contributed by atoms with Crippen molar-refractivity contribution in [2.24, 2.45) is 0 Å². The molecule has 1 aliphatic rings. The van der Waals surface area contributed by atoms with E-state index in [1.807, 2.05) is 47.7 Å². The molecule has 24 heavy (non-hydrogen) atoms. The molecule has 1 aromatic heterocycles. The Morgan fingerprint density at radius 2 is 1.92 bits per heavy atom. The third-order valence-corrected chi connectivity index (χ3v) is 4.39. The monoisotopic (exact) mass is 327 g/mol. The van der Waals surface area contributed by atoms with Crippen LogP contribution in [0.25, 0.3) is 0 Å². The van der Waals surface area contributed by atoms with Crippen molar-refractivity contribution >= 4 is 5.91 Å². The fourth-order valence-electron chi connectivity index (χ4n) is 2.97. The molecule has 0 spiro atoms. The van der Waals surface area contributed by atoms with E-state index in [1.54, 1.807) is 0 Å². The fourth-order valence-corrected chi connectivity index (χ4v) is 2.97. The van der Waals surface area contributed by atoms with Crippen LogP contribution in [-0.2, 0) is 11.3 Å². The van der Waals surface area contributed by atoms with Gasteiger partial charge in [0.1, 0.15) is 11.9 Å². The number of nitrogens with zero attached hydrogens (tertiary/aromatic N) is 3. The summed E-state index contributed by atoms with van der Waals surface area (Å²) in [5, 5.41) is 4.42. The average molecular weight is 327 g/mol. The maximum Gasteiger partial charge on any atom is 0.222 e. The lowest BCUT2D eigenvalue weighted by molar-refractivity contribution is -0.140. The quantitative estimate of drug-likeness (QED) is 0.819. The molecule has 128 valence electrons. The molecule has 1 aliphatic heterocycles. The van der Waals surface area contributed by atoms with Crippen LogP contribution in [0.2, 0.25) is 0 Å². The molecule has 1 fully saturated rings. The van der Waals surface area contributed by atoms with Gasteiger partial charge in [0.25, 0.3) is 0 Å². The van der Waals surface area contributed by atoms with Gasteiger partial charge in [-0.2, -0.15) is 5.10 Å². The first-order valence-electron chi connectivity index (χ1n) is 8.53. The molecule has 5 nitrogen and oxygen atoms in total. The second kappa shape index (κ2) is 7.07. The molecule has 5 heteroatoms. The standard InChI is InChI=1S/C19H25N3O2/c1-14-6-8-17(9-7-14)24-18-12-21(13-18)19(23)5-4-10-22-16(3)11-15(2)20-22/h6-9,11,18H,4-5,10,12-13H2,1-3H3. The predicted molar refractivity (Wildman–Crippen MR) is 93.1 cm³/mol. The minimum Gasteiger partial charge on any atom is -0.487 e. The van der Waals surface area contributed by atoms with Crippen molar-refractivity contribution in [2.45, 2.75) is 46.3 Å². The van der Waals surface area contributed by atoms with Gasteiger partial charge in [-0.25, -0.2) is 0 Å². The van der Waals surface area contributed by atoms with Crippen molar-refractivity contribution in [2.75, 3.05) is 13.1 Å². The zero-order chi connectivity index (χ0) is 17.1. The van der Waals surface area contributed by atoms with Crippen LogP contribution in [-0.4, -0.2) is 39.8 Å². The van der Waals surface area contributed by atoms with Crippen molar-refractivity contribution < 1.29 is 9.53 Å². The zero-order valence-corrected chi connectivity index (χ0v) is 14.7. The summed E-state index contributed by atoms with van der Waals surface area (Å²) in [4.78, 5) is 14.1. The van der Waals surface area contributed by atoms with E-state index in [2.05, 4.69) is 18.1 Å². The summed E-state index contributed by atoms with van der Waals surface area (Å²) in [6.45, 7) is 8.26. The Hall–Kier alpha value is -2.30. The van der Waals surface area contributed by atoms with Crippen LogP contribution in [0.4, 0.5) is 0 Å². The van der Waals surface area contributed by atoms with E-state index in [0.717, 1.165) is 30.1 Å². The van der Waals surface area contributed by atoms with Crippen molar-refractivity contribution in [3.63, 3.8) is 0 Å². The maximum absolute atomic E-state index is 12.2. The van der Waals surface area contributed by atoms with Gasteiger partial charge < -0.3 is 9.64 Å². The van der Waals surface area contributed by atoms with Gasteiger partial charge in [-0.15, -0.1) is 0 Å². The van der Waals surface area contributed by atoms with Crippen LogP contribution in [0, 0.1) is 20.8 Å². The van der Waals surface area contributed by atoms with Crippen LogP contribution in [0.15, 0.2) is 30.3 Å². The number of amides is 1. The number of hydrogen-bond donors (Lipinski definition) is 0. The first-order chi connectivity index (χ1) is 11.5.